The molecule has 3 N–H and O–H groups in total. The summed E-state index contributed by atoms with van der Waals surface area (Å²) in [6.45, 7) is 0.682. The molecule has 0 spiro atoms. The second-order valence-electron chi connectivity index (χ2n) is 4.75. The van der Waals surface area contributed by atoms with Crippen molar-refractivity contribution < 1.29 is 4.74 Å². The minimum atomic E-state index is 0.486. The summed E-state index contributed by atoms with van der Waals surface area (Å²) in [5.41, 5.74) is 10.4. The Morgan fingerprint density at radius 1 is 1.48 bits per heavy atom. The first-order chi connectivity index (χ1) is 11.2. The van der Waals surface area contributed by atoms with Gasteiger partial charge in [-0.05, 0) is 23.8 Å². The summed E-state index contributed by atoms with van der Waals surface area (Å²) in [6.07, 6.45) is 7.17. The van der Waals surface area contributed by atoms with Gasteiger partial charge in [0, 0.05) is 23.3 Å². The van der Waals surface area contributed by atoms with Crippen LogP contribution in [-0.4, -0.2) is 27.9 Å². The zero-order valence-electron chi connectivity index (χ0n) is 12.5. The summed E-state index contributed by atoms with van der Waals surface area (Å²) >= 11 is 1.41. The molecule has 3 aromatic rings. The van der Waals surface area contributed by atoms with Crippen molar-refractivity contribution in [3.8, 4) is 5.75 Å². The van der Waals surface area contributed by atoms with E-state index in [1.165, 1.54) is 11.3 Å². The second kappa shape index (κ2) is 6.93. The summed E-state index contributed by atoms with van der Waals surface area (Å²) in [5.74, 6) is 1.32. The predicted molar refractivity (Wildman–Crippen MR) is 92.1 cm³/mol. The summed E-state index contributed by atoms with van der Waals surface area (Å²) in [5, 5.41) is 6.59. The van der Waals surface area contributed by atoms with Crippen molar-refractivity contribution >= 4 is 28.5 Å². The molecule has 0 fully saturated rings. The van der Waals surface area contributed by atoms with Crippen LogP contribution in [0.15, 0.2) is 47.4 Å². The van der Waals surface area contributed by atoms with Gasteiger partial charge in [-0.15, -0.1) is 11.3 Å². The maximum Gasteiger partial charge on any atom is 0.205 e. The number of hydrogen-bond acceptors (Lipinski definition) is 7. The molecule has 0 radical (unpaired) electrons. The van der Waals surface area contributed by atoms with Gasteiger partial charge in [-0.2, -0.15) is 5.10 Å². The van der Waals surface area contributed by atoms with E-state index in [0.717, 1.165) is 16.9 Å². The number of methoxy groups -OCH3 is 1. The highest BCUT2D eigenvalue weighted by atomic mass is 32.1. The van der Waals surface area contributed by atoms with Crippen LogP contribution in [0.2, 0.25) is 0 Å². The van der Waals surface area contributed by atoms with Crippen molar-refractivity contribution in [2.24, 2.45) is 5.10 Å². The molecule has 0 saturated carbocycles. The lowest BCUT2D eigenvalue weighted by Gasteiger charge is -2.10. The van der Waals surface area contributed by atoms with Crippen LogP contribution in [0.4, 0.5) is 10.9 Å². The number of rotatable bonds is 6. The number of hydrogen-bond donors (Lipinski definition) is 2. The van der Waals surface area contributed by atoms with Gasteiger partial charge in [-0.25, -0.2) is 9.97 Å². The number of aromatic nitrogens is 3. The number of nitrogen functional groups attached to an aromatic ring is 1. The van der Waals surface area contributed by atoms with Crippen molar-refractivity contribution in [2.75, 3.05) is 18.3 Å². The molecule has 118 valence electrons. The van der Waals surface area contributed by atoms with Crippen LogP contribution in [0.3, 0.4) is 0 Å². The second-order valence-corrected chi connectivity index (χ2v) is 5.61. The van der Waals surface area contributed by atoms with Crippen LogP contribution >= 0.6 is 11.3 Å². The Morgan fingerprint density at radius 3 is 3.09 bits per heavy atom. The quantitative estimate of drug-likeness (QED) is 0.536. The van der Waals surface area contributed by atoms with E-state index >= 15 is 0 Å². The van der Waals surface area contributed by atoms with Crippen LogP contribution in [0.25, 0.3) is 0 Å². The highest BCUT2D eigenvalue weighted by Gasteiger charge is 2.05. The van der Waals surface area contributed by atoms with Gasteiger partial charge < -0.3 is 15.0 Å². The van der Waals surface area contributed by atoms with E-state index in [0.29, 0.717) is 17.5 Å². The lowest BCUT2D eigenvalue weighted by Crippen LogP contribution is -2.01. The molecule has 0 bridgehead atoms. The SMILES string of the molecule is COc1ccc(C=NNc2nc(N)cs2)cc1Cn1ccnc1. The predicted octanol–water partition coefficient (Wildman–Crippen LogP) is 2.42. The Kier molecular flexibility index (Phi) is 4.53. The number of nitrogens with one attached hydrogen (secondary N) is 1. The Morgan fingerprint density at radius 2 is 2.39 bits per heavy atom. The van der Waals surface area contributed by atoms with Gasteiger partial charge in [-0.1, -0.05) is 0 Å². The molecule has 2 heterocycles. The van der Waals surface area contributed by atoms with Crippen LogP contribution in [0.1, 0.15) is 11.1 Å². The largest absolute Gasteiger partial charge is 0.496 e. The smallest absolute Gasteiger partial charge is 0.205 e. The summed E-state index contributed by atoms with van der Waals surface area (Å²) in [7, 11) is 1.66. The number of nitrogens with two attached hydrogens (primary N) is 1. The fraction of sp³-hybridized carbons (Fsp3) is 0.133. The highest BCUT2D eigenvalue weighted by molar-refractivity contribution is 7.14. The molecule has 3 rings (SSSR count). The van der Waals surface area contributed by atoms with Gasteiger partial charge in [0.1, 0.15) is 11.6 Å². The monoisotopic (exact) mass is 328 g/mol. The fourth-order valence-corrected chi connectivity index (χ4v) is 2.63. The van der Waals surface area contributed by atoms with Gasteiger partial charge >= 0.3 is 0 Å². The lowest BCUT2D eigenvalue weighted by molar-refractivity contribution is 0.408. The molecule has 2 aromatic heterocycles. The first-order valence-electron chi connectivity index (χ1n) is 6.87. The van der Waals surface area contributed by atoms with Crippen LogP contribution < -0.4 is 15.9 Å². The van der Waals surface area contributed by atoms with Crippen LogP contribution in [0, 0.1) is 0 Å². The molecule has 0 aliphatic rings. The van der Waals surface area contributed by atoms with E-state index in [1.807, 2.05) is 29.0 Å². The Balaban J connectivity index is 1.74. The van der Waals surface area contributed by atoms with E-state index < -0.39 is 0 Å². The van der Waals surface area contributed by atoms with E-state index in [9.17, 15) is 0 Å². The van der Waals surface area contributed by atoms with Gasteiger partial charge in [0.15, 0.2) is 0 Å². The van der Waals surface area contributed by atoms with Crippen molar-refractivity contribution in [3.05, 3.63) is 53.4 Å². The standard InChI is InChI=1S/C15H16N6OS/c1-22-13-3-2-11(6-12(13)8-21-5-4-17-10-21)7-18-20-15-19-14(16)9-23-15/h2-7,9-10H,8,16H2,1H3,(H,19,20). The van der Waals surface area contributed by atoms with E-state index in [4.69, 9.17) is 10.5 Å². The third-order valence-corrected chi connectivity index (χ3v) is 3.88. The Hall–Kier alpha value is -2.87. The van der Waals surface area contributed by atoms with Gasteiger partial charge in [0.05, 0.1) is 26.2 Å². The summed E-state index contributed by atoms with van der Waals surface area (Å²) in [6, 6.07) is 5.90. The topological polar surface area (TPSA) is 90.4 Å². The molecule has 0 saturated heterocycles. The van der Waals surface area contributed by atoms with Crippen molar-refractivity contribution in [2.45, 2.75) is 6.54 Å². The third kappa shape index (κ3) is 3.86. The molecule has 0 aliphatic heterocycles. The molecular formula is C15H16N6OS. The molecule has 0 unspecified atom stereocenters. The van der Waals surface area contributed by atoms with Gasteiger partial charge in [-0.3, -0.25) is 5.43 Å². The maximum atomic E-state index is 5.56. The molecule has 0 atom stereocenters. The minimum Gasteiger partial charge on any atom is -0.496 e. The molecular weight excluding hydrogens is 312 g/mol. The molecule has 7 nitrogen and oxygen atoms in total. The van der Waals surface area contributed by atoms with Crippen molar-refractivity contribution in [3.63, 3.8) is 0 Å². The average Bonchev–Trinajstić information content (AvgIpc) is 3.20. The highest BCUT2D eigenvalue weighted by Crippen LogP contribution is 2.21. The number of nitrogens with zero attached hydrogens (tertiary/aromatic N) is 4. The summed E-state index contributed by atoms with van der Waals surface area (Å²) < 4.78 is 7.39. The fourth-order valence-electron chi connectivity index (χ4n) is 2.08. The maximum absolute atomic E-state index is 5.56. The third-order valence-electron chi connectivity index (χ3n) is 3.11. The number of benzene rings is 1. The molecule has 8 heteroatoms. The van der Waals surface area contributed by atoms with E-state index in [1.54, 1.807) is 31.2 Å². The molecule has 0 amide bonds. The molecule has 1 aromatic carbocycles. The normalized spacial score (nSPS) is 11.0. The minimum absolute atomic E-state index is 0.486. The first-order valence-corrected chi connectivity index (χ1v) is 7.75. The van der Waals surface area contributed by atoms with Crippen molar-refractivity contribution in [1.29, 1.82) is 0 Å². The molecule has 23 heavy (non-hydrogen) atoms. The Bertz CT molecular complexity index is 796. The first kappa shape index (κ1) is 15.0. The Labute approximate surface area is 137 Å². The van der Waals surface area contributed by atoms with E-state index in [2.05, 4.69) is 20.5 Å². The number of anilines is 2. The number of imidazole rings is 1. The van der Waals surface area contributed by atoms with Crippen LogP contribution in [0.5, 0.6) is 5.75 Å². The molecule has 0 aliphatic carbocycles. The summed E-state index contributed by atoms with van der Waals surface area (Å²) in [4.78, 5) is 8.13. The number of hydrazone groups is 1. The van der Waals surface area contributed by atoms with Gasteiger partial charge in [0.2, 0.25) is 5.13 Å². The average molecular weight is 328 g/mol. The van der Waals surface area contributed by atoms with Crippen molar-refractivity contribution in [1.82, 2.24) is 14.5 Å². The number of thiazole rings is 1. The van der Waals surface area contributed by atoms with Gasteiger partial charge in [0.25, 0.3) is 0 Å². The zero-order chi connectivity index (χ0) is 16.1. The number of ether oxygens (including phenoxy) is 1. The van der Waals surface area contributed by atoms with Crippen LogP contribution in [-0.2, 0) is 6.54 Å². The van der Waals surface area contributed by atoms with E-state index in [-0.39, 0.29) is 0 Å². The lowest BCUT2D eigenvalue weighted by atomic mass is 10.1. The zero-order valence-corrected chi connectivity index (χ0v) is 13.3.